The molecule has 1 aliphatic heterocycles. The van der Waals surface area contributed by atoms with Gasteiger partial charge in [-0.25, -0.2) is 8.42 Å². The van der Waals surface area contributed by atoms with Gasteiger partial charge in [0.1, 0.15) is 4.90 Å². The molecule has 1 aromatic carbocycles. The zero-order valence-electron chi connectivity index (χ0n) is 13.5. The molecular weight excluding hydrogens is 334 g/mol. The minimum absolute atomic E-state index is 0. The highest BCUT2D eigenvalue weighted by molar-refractivity contribution is 7.89. The van der Waals surface area contributed by atoms with E-state index in [1.165, 1.54) is 0 Å². The predicted molar refractivity (Wildman–Crippen MR) is 95.4 cm³/mol. The second-order valence-corrected chi connectivity index (χ2v) is 7.95. The first-order chi connectivity index (χ1) is 10.5. The Labute approximate surface area is 143 Å². The quantitative estimate of drug-likeness (QED) is 0.916. The number of fused-ring (bicyclic) bond motifs is 1. The van der Waals surface area contributed by atoms with E-state index in [-0.39, 0.29) is 12.4 Å². The molecule has 0 bridgehead atoms. The lowest BCUT2D eigenvalue weighted by molar-refractivity contribution is 0.278. The van der Waals surface area contributed by atoms with Crippen LogP contribution in [-0.4, -0.2) is 36.9 Å². The van der Waals surface area contributed by atoms with E-state index in [4.69, 9.17) is 5.73 Å². The molecule has 0 spiro atoms. The first-order valence-corrected chi connectivity index (χ1v) is 9.15. The lowest BCUT2D eigenvalue weighted by Gasteiger charge is -2.30. The van der Waals surface area contributed by atoms with Gasteiger partial charge in [0.15, 0.2) is 0 Å². The fourth-order valence-corrected chi connectivity index (χ4v) is 5.24. The number of hydrogen-bond acceptors (Lipinski definition) is 3. The average Bonchev–Trinajstić information content (AvgIpc) is 2.80. The topological polar surface area (TPSA) is 68.3 Å². The van der Waals surface area contributed by atoms with Crippen molar-refractivity contribution in [2.45, 2.75) is 24.7 Å². The number of aryl methyl sites for hydroxylation is 1. The van der Waals surface area contributed by atoms with Gasteiger partial charge in [-0.1, -0.05) is 18.2 Å². The van der Waals surface area contributed by atoms with Crippen molar-refractivity contribution in [3.8, 4) is 0 Å². The molecular formula is C16H24ClN3O2S. The van der Waals surface area contributed by atoms with Crippen molar-refractivity contribution in [2.75, 3.05) is 19.6 Å². The number of nitrogens with zero attached hydrogens (tertiary/aromatic N) is 2. The molecule has 0 atom stereocenters. The lowest BCUT2D eigenvalue weighted by atomic mass is 9.99. The third kappa shape index (κ3) is 3.01. The number of rotatable bonds is 3. The van der Waals surface area contributed by atoms with Crippen molar-refractivity contribution < 1.29 is 8.42 Å². The molecule has 2 N–H and O–H groups in total. The Balaban J connectivity index is 0.00000192. The maximum absolute atomic E-state index is 13.1. The van der Waals surface area contributed by atoms with Crippen LogP contribution in [0, 0.1) is 12.8 Å². The van der Waals surface area contributed by atoms with E-state index in [9.17, 15) is 8.42 Å². The highest BCUT2D eigenvalue weighted by atomic mass is 35.5. The van der Waals surface area contributed by atoms with Gasteiger partial charge in [0.25, 0.3) is 0 Å². The van der Waals surface area contributed by atoms with Crippen LogP contribution in [0.3, 0.4) is 0 Å². The summed E-state index contributed by atoms with van der Waals surface area (Å²) in [6.07, 6.45) is 1.69. The molecule has 2 heterocycles. The maximum atomic E-state index is 13.1. The molecule has 3 rings (SSSR count). The van der Waals surface area contributed by atoms with E-state index < -0.39 is 10.0 Å². The molecule has 0 radical (unpaired) electrons. The van der Waals surface area contributed by atoms with E-state index in [0.717, 1.165) is 29.4 Å². The fourth-order valence-electron chi connectivity index (χ4n) is 3.33. The summed E-state index contributed by atoms with van der Waals surface area (Å²) in [7, 11) is -1.54. The zero-order chi connectivity index (χ0) is 15.9. The highest BCUT2D eigenvalue weighted by Gasteiger charge is 2.32. The summed E-state index contributed by atoms with van der Waals surface area (Å²) in [6.45, 7) is 3.64. The third-order valence-corrected chi connectivity index (χ3v) is 6.92. The maximum Gasteiger partial charge on any atom is 0.245 e. The Morgan fingerprint density at radius 3 is 2.43 bits per heavy atom. The Morgan fingerprint density at radius 2 is 1.83 bits per heavy atom. The fraction of sp³-hybridized carbons (Fsp3) is 0.500. The van der Waals surface area contributed by atoms with E-state index in [0.29, 0.717) is 30.4 Å². The molecule has 128 valence electrons. The Hall–Kier alpha value is -1.08. The van der Waals surface area contributed by atoms with Crippen molar-refractivity contribution in [3.05, 3.63) is 30.0 Å². The summed E-state index contributed by atoms with van der Waals surface area (Å²) >= 11 is 0. The van der Waals surface area contributed by atoms with Crippen molar-refractivity contribution >= 4 is 33.3 Å². The molecule has 7 heteroatoms. The zero-order valence-corrected chi connectivity index (χ0v) is 15.2. The lowest BCUT2D eigenvalue weighted by Crippen LogP contribution is -2.40. The summed E-state index contributed by atoms with van der Waals surface area (Å²) in [5, 5.41) is 0.809. The highest BCUT2D eigenvalue weighted by Crippen LogP contribution is 2.32. The van der Waals surface area contributed by atoms with Crippen LogP contribution in [0.2, 0.25) is 0 Å². The number of sulfonamides is 1. The van der Waals surface area contributed by atoms with E-state index in [1.54, 1.807) is 4.31 Å². The van der Waals surface area contributed by atoms with Gasteiger partial charge in [0.2, 0.25) is 10.0 Å². The van der Waals surface area contributed by atoms with Crippen molar-refractivity contribution in [3.63, 3.8) is 0 Å². The van der Waals surface area contributed by atoms with Gasteiger partial charge in [0, 0.05) is 36.7 Å². The summed E-state index contributed by atoms with van der Waals surface area (Å²) in [6, 6.07) is 7.68. The Morgan fingerprint density at radius 1 is 1.22 bits per heavy atom. The van der Waals surface area contributed by atoms with Crippen LogP contribution >= 0.6 is 12.4 Å². The molecule has 0 saturated carbocycles. The second kappa shape index (κ2) is 6.81. The van der Waals surface area contributed by atoms with Gasteiger partial charge in [-0.15, -0.1) is 12.4 Å². The summed E-state index contributed by atoms with van der Waals surface area (Å²) in [4.78, 5) is 0.455. The average molecular weight is 358 g/mol. The molecule has 5 nitrogen and oxygen atoms in total. The predicted octanol–water partition coefficient (Wildman–Crippen LogP) is 2.27. The molecule has 0 unspecified atom stereocenters. The summed E-state index contributed by atoms with van der Waals surface area (Å²) in [5.74, 6) is 0.445. The standard InChI is InChI=1S/C16H23N3O2S.ClH/c1-12-16(14-5-3-4-6-15(14)18(12)2)22(20,21)19-9-7-13(11-17)8-10-19;/h3-6,13H,7-11,17H2,1-2H3;1H. The van der Waals surface area contributed by atoms with Crippen LogP contribution in [0.4, 0.5) is 0 Å². The molecule has 1 aliphatic rings. The first kappa shape index (κ1) is 18.3. The Kier molecular flexibility index (Phi) is 5.41. The number of piperidine rings is 1. The van der Waals surface area contributed by atoms with E-state index in [2.05, 4.69) is 0 Å². The molecule has 0 amide bonds. The largest absolute Gasteiger partial charge is 0.347 e. The van der Waals surface area contributed by atoms with Crippen LogP contribution in [0.15, 0.2) is 29.2 Å². The van der Waals surface area contributed by atoms with Crippen molar-refractivity contribution in [1.29, 1.82) is 0 Å². The van der Waals surface area contributed by atoms with Crippen LogP contribution in [-0.2, 0) is 17.1 Å². The summed E-state index contributed by atoms with van der Waals surface area (Å²) < 4.78 is 29.8. The molecule has 0 aliphatic carbocycles. The molecule has 23 heavy (non-hydrogen) atoms. The van der Waals surface area contributed by atoms with Crippen LogP contribution in [0.5, 0.6) is 0 Å². The minimum atomic E-state index is -3.46. The molecule has 1 saturated heterocycles. The normalized spacial score (nSPS) is 17.3. The summed E-state index contributed by atoms with van der Waals surface area (Å²) in [5.41, 5.74) is 7.45. The van der Waals surface area contributed by atoms with Crippen LogP contribution < -0.4 is 5.73 Å². The van der Waals surface area contributed by atoms with Gasteiger partial charge < -0.3 is 10.3 Å². The third-order valence-electron chi connectivity index (χ3n) is 4.85. The van der Waals surface area contributed by atoms with Crippen molar-refractivity contribution in [1.82, 2.24) is 8.87 Å². The van der Waals surface area contributed by atoms with Crippen LogP contribution in [0.25, 0.3) is 10.9 Å². The van der Waals surface area contributed by atoms with Crippen molar-refractivity contribution in [2.24, 2.45) is 18.7 Å². The van der Waals surface area contributed by atoms with Gasteiger partial charge in [-0.05, 0) is 38.3 Å². The monoisotopic (exact) mass is 357 g/mol. The number of benzene rings is 1. The number of hydrogen-bond donors (Lipinski definition) is 1. The van der Waals surface area contributed by atoms with Gasteiger partial charge in [0.05, 0.1) is 0 Å². The Bertz CT molecular complexity index is 793. The van der Waals surface area contributed by atoms with Gasteiger partial charge in [-0.3, -0.25) is 0 Å². The first-order valence-electron chi connectivity index (χ1n) is 7.71. The van der Waals surface area contributed by atoms with E-state index in [1.807, 2.05) is 42.8 Å². The van der Waals surface area contributed by atoms with E-state index >= 15 is 0 Å². The van der Waals surface area contributed by atoms with Crippen LogP contribution in [0.1, 0.15) is 18.5 Å². The number of aromatic nitrogens is 1. The molecule has 1 fully saturated rings. The minimum Gasteiger partial charge on any atom is -0.347 e. The SMILES string of the molecule is Cc1c(S(=O)(=O)N2CCC(CN)CC2)c2ccccc2n1C.Cl. The van der Waals surface area contributed by atoms with Gasteiger partial charge in [-0.2, -0.15) is 4.31 Å². The van der Waals surface area contributed by atoms with Gasteiger partial charge >= 0.3 is 0 Å². The second-order valence-electron chi connectivity index (χ2n) is 6.07. The molecule has 1 aromatic heterocycles. The number of nitrogens with two attached hydrogens (primary N) is 1. The molecule has 2 aromatic rings. The smallest absolute Gasteiger partial charge is 0.245 e. The number of para-hydroxylation sites is 1. The number of halogens is 1.